The summed E-state index contributed by atoms with van der Waals surface area (Å²) in [4.78, 5) is 31.9. The van der Waals surface area contributed by atoms with Gasteiger partial charge < -0.3 is 14.2 Å². The number of rotatable bonds is 7. The molecule has 7 heteroatoms. The van der Waals surface area contributed by atoms with Crippen molar-refractivity contribution in [1.29, 1.82) is 0 Å². The minimum Gasteiger partial charge on any atom is -0.493 e. The normalized spacial score (nSPS) is 22.4. The van der Waals surface area contributed by atoms with E-state index in [0.717, 1.165) is 16.8 Å². The van der Waals surface area contributed by atoms with Crippen LogP contribution in [0.1, 0.15) is 63.0 Å². The van der Waals surface area contributed by atoms with E-state index < -0.39 is 11.8 Å². The van der Waals surface area contributed by atoms with Gasteiger partial charge in [-0.2, -0.15) is 0 Å². The largest absolute Gasteiger partial charge is 0.493 e. The molecule has 0 N–H and O–H groups in total. The Morgan fingerprint density at radius 2 is 1.72 bits per heavy atom. The topological polar surface area (TPSA) is 74.2 Å². The Morgan fingerprint density at radius 3 is 2.36 bits per heavy atom. The first-order valence-corrected chi connectivity index (χ1v) is 12.6. The molecule has 190 valence electrons. The lowest BCUT2D eigenvalue weighted by Gasteiger charge is -2.37. The van der Waals surface area contributed by atoms with Gasteiger partial charge in [0.25, 0.3) is 0 Å². The Labute approximate surface area is 217 Å². The van der Waals surface area contributed by atoms with Gasteiger partial charge in [0.1, 0.15) is 5.92 Å². The standard InChI is InChI=1S/C29H32ClNO5/c1-6-16(2)36-29(33)26-17(3)31-22-13-20(19-9-12-24(34-4)25(15-19)35-5)14-23(32)28(22)27(26)18-7-10-21(30)11-8-18/h7-12,15-16,20,26-27H,6,13-14H2,1-5H3/t16-,20-,26?,27-/m1/s1. The van der Waals surface area contributed by atoms with E-state index in [1.54, 1.807) is 26.4 Å². The summed E-state index contributed by atoms with van der Waals surface area (Å²) in [6.07, 6.45) is 1.40. The number of ketones is 1. The van der Waals surface area contributed by atoms with Crippen LogP contribution in [-0.4, -0.2) is 37.8 Å². The van der Waals surface area contributed by atoms with Crippen LogP contribution in [0, 0.1) is 5.92 Å². The van der Waals surface area contributed by atoms with Gasteiger partial charge in [-0.3, -0.25) is 14.6 Å². The number of hydrogen-bond acceptors (Lipinski definition) is 6. The highest BCUT2D eigenvalue weighted by Crippen LogP contribution is 2.47. The SMILES string of the molecule is CC[C@@H](C)OC(=O)C1C(C)=NC2=C(C(=O)C[C@H](c3ccc(OC)c(OC)c3)C2)[C@@H]1c1ccc(Cl)cc1. The summed E-state index contributed by atoms with van der Waals surface area (Å²) >= 11 is 6.15. The first kappa shape index (κ1) is 26.0. The number of allylic oxidation sites excluding steroid dienone is 2. The summed E-state index contributed by atoms with van der Waals surface area (Å²) in [7, 11) is 3.19. The molecule has 1 aliphatic carbocycles. The first-order valence-electron chi connectivity index (χ1n) is 12.3. The minimum absolute atomic E-state index is 0.00595. The van der Waals surface area contributed by atoms with Crippen molar-refractivity contribution in [3.63, 3.8) is 0 Å². The van der Waals surface area contributed by atoms with Crippen molar-refractivity contribution in [2.75, 3.05) is 14.2 Å². The maximum atomic E-state index is 13.7. The van der Waals surface area contributed by atoms with Crippen molar-refractivity contribution in [3.05, 3.63) is 69.9 Å². The lowest BCUT2D eigenvalue weighted by Crippen LogP contribution is -2.39. The molecule has 0 saturated carbocycles. The van der Waals surface area contributed by atoms with Crippen molar-refractivity contribution in [1.82, 2.24) is 0 Å². The van der Waals surface area contributed by atoms with Gasteiger partial charge in [0.2, 0.25) is 0 Å². The zero-order valence-electron chi connectivity index (χ0n) is 21.3. The molecule has 36 heavy (non-hydrogen) atoms. The number of Topliss-reactive ketones (excluding diaryl/α,β-unsaturated/α-hetero) is 1. The summed E-state index contributed by atoms with van der Waals surface area (Å²) in [5, 5.41) is 0.594. The van der Waals surface area contributed by atoms with E-state index in [4.69, 9.17) is 30.8 Å². The summed E-state index contributed by atoms with van der Waals surface area (Å²) in [6, 6.07) is 13.1. The molecule has 0 fully saturated rings. The number of aliphatic imine (C=N–C) groups is 1. The van der Waals surface area contributed by atoms with E-state index in [2.05, 4.69) is 0 Å². The molecule has 2 aromatic carbocycles. The van der Waals surface area contributed by atoms with Gasteiger partial charge in [0, 0.05) is 34.3 Å². The molecule has 0 radical (unpaired) electrons. The molecule has 0 saturated heterocycles. The highest BCUT2D eigenvalue weighted by atomic mass is 35.5. The van der Waals surface area contributed by atoms with Crippen LogP contribution >= 0.6 is 11.6 Å². The average Bonchev–Trinajstić information content (AvgIpc) is 2.87. The minimum atomic E-state index is -0.666. The highest BCUT2D eigenvalue weighted by molar-refractivity contribution is 6.30. The van der Waals surface area contributed by atoms with Gasteiger partial charge >= 0.3 is 5.97 Å². The first-order chi connectivity index (χ1) is 17.3. The summed E-state index contributed by atoms with van der Waals surface area (Å²) < 4.78 is 16.6. The molecular weight excluding hydrogens is 478 g/mol. The molecule has 2 aromatic rings. The zero-order valence-corrected chi connectivity index (χ0v) is 22.1. The number of esters is 1. The Bertz CT molecular complexity index is 1220. The monoisotopic (exact) mass is 509 g/mol. The second kappa shape index (κ2) is 10.9. The highest BCUT2D eigenvalue weighted by Gasteiger charge is 2.45. The van der Waals surface area contributed by atoms with Gasteiger partial charge in [0.15, 0.2) is 17.3 Å². The van der Waals surface area contributed by atoms with Gasteiger partial charge in [-0.25, -0.2) is 0 Å². The van der Waals surface area contributed by atoms with Crippen LogP contribution in [0.5, 0.6) is 11.5 Å². The van der Waals surface area contributed by atoms with Gasteiger partial charge in [-0.1, -0.05) is 36.7 Å². The third kappa shape index (κ3) is 5.05. The number of ether oxygens (including phenoxy) is 3. The molecule has 6 nitrogen and oxygen atoms in total. The molecule has 0 aromatic heterocycles. The number of carbonyl (C=O) groups excluding carboxylic acids is 2. The maximum Gasteiger partial charge on any atom is 0.315 e. The Balaban J connectivity index is 1.76. The molecule has 0 spiro atoms. The Kier molecular flexibility index (Phi) is 7.84. The Hall–Kier alpha value is -3.12. The number of halogens is 1. The number of benzene rings is 2. The fourth-order valence-corrected chi connectivity index (χ4v) is 5.22. The fraction of sp³-hybridized carbons (Fsp3) is 0.414. The molecule has 4 rings (SSSR count). The molecule has 1 aliphatic heterocycles. The lowest BCUT2D eigenvalue weighted by atomic mass is 9.69. The molecule has 0 bridgehead atoms. The smallest absolute Gasteiger partial charge is 0.315 e. The fourth-order valence-electron chi connectivity index (χ4n) is 5.09. The summed E-state index contributed by atoms with van der Waals surface area (Å²) in [6.45, 7) is 5.68. The second-order valence-electron chi connectivity index (χ2n) is 9.42. The summed E-state index contributed by atoms with van der Waals surface area (Å²) in [5.74, 6) is -0.286. The van der Waals surface area contributed by atoms with Crippen LogP contribution in [0.15, 0.2) is 58.7 Å². The van der Waals surface area contributed by atoms with Crippen LogP contribution in [0.3, 0.4) is 0 Å². The third-order valence-corrected chi connectivity index (χ3v) is 7.39. The average molecular weight is 510 g/mol. The van der Waals surface area contributed by atoms with Crippen LogP contribution in [0.2, 0.25) is 5.02 Å². The van der Waals surface area contributed by atoms with E-state index >= 15 is 0 Å². The molecule has 1 unspecified atom stereocenters. The van der Waals surface area contributed by atoms with Crippen molar-refractivity contribution in [2.24, 2.45) is 10.9 Å². The number of carbonyl (C=O) groups is 2. The summed E-state index contributed by atoms with van der Waals surface area (Å²) in [5.41, 5.74) is 3.83. The van der Waals surface area contributed by atoms with Crippen LogP contribution in [0.4, 0.5) is 0 Å². The Morgan fingerprint density at radius 1 is 1.06 bits per heavy atom. The van der Waals surface area contributed by atoms with Gasteiger partial charge in [0.05, 0.1) is 20.3 Å². The third-order valence-electron chi connectivity index (χ3n) is 7.14. The number of methoxy groups -OCH3 is 2. The second-order valence-corrected chi connectivity index (χ2v) is 9.86. The molecule has 2 aliphatic rings. The van der Waals surface area contributed by atoms with E-state index in [-0.39, 0.29) is 23.8 Å². The molecular formula is C29H32ClNO5. The predicted octanol–water partition coefficient (Wildman–Crippen LogP) is 6.27. The van der Waals surface area contributed by atoms with E-state index in [0.29, 0.717) is 47.1 Å². The van der Waals surface area contributed by atoms with E-state index in [1.165, 1.54) is 0 Å². The lowest BCUT2D eigenvalue weighted by molar-refractivity contribution is -0.151. The molecule has 0 amide bonds. The number of hydrogen-bond donors (Lipinski definition) is 0. The predicted molar refractivity (Wildman–Crippen MR) is 140 cm³/mol. The van der Waals surface area contributed by atoms with Crippen LogP contribution < -0.4 is 9.47 Å². The number of nitrogens with zero attached hydrogens (tertiary/aromatic N) is 1. The van der Waals surface area contributed by atoms with E-state index in [1.807, 2.05) is 51.1 Å². The molecule has 4 atom stereocenters. The van der Waals surface area contributed by atoms with Crippen molar-refractivity contribution in [2.45, 2.75) is 58.0 Å². The van der Waals surface area contributed by atoms with Crippen molar-refractivity contribution >= 4 is 29.1 Å². The van der Waals surface area contributed by atoms with E-state index in [9.17, 15) is 9.59 Å². The van der Waals surface area contributed by atoms with Crippen LogP contribution in [-0.2, 0) is 14.3 Å². The van der Waals surface area contributed by atoms with Crippen LogP contribution in [0.25, 0.3) is 0 Å². The zero-order chi connectivity index (χ0) is 26.0. The van der Waals surface area contributed by atoms with Crippen molar-refractivity contribution < 1.29 is 23.8 Å². The van der Waals surface area contributed by atoms with Gasteiger partial charge in [-0.15, -0.1) is 0 Å². The maximum absolute atomic E-state index is 13.7. The quantitative estimate of drug-likeness (QED) is 0.411. The van der Waals surface area contributed by atoms with Gasteiger partial charge in [-0.05, 0) is 68.0 Å². The molecule has 1 heterocycles. The van der Waals surface area contributed by atoms with Crippen molar-refractivity contribution in [3.8, 4) is 11.5 Å².